The van der Waals surface area contributed by atoms with Gasteiger partial charge in [-0.15, -0.1) is 0 Å². The summed E-state index contributed by atoms with van der Waals surface area (Å²) in [6, 6.07) is 7.38. The standard InChI is InChI=1S/C25H30N6O/c1-16-10-19(20-11-17(2)25-26-15-27-31(25)14-20)12-22-23(16)24(29-28-22)18-4-3-7-30(13-18)21-5-8-32-9-6-21/h10-12,14-15,18,21H,3-9,13H2,1-2H3,(H,28,29). The Labute approximate surface area is 187 Å². The van der Waals surface area contributed by atoms with E-state index in [1.165, 1.54) is 41.6 Å². The number of piperidine rings is 1. The first-order chi connectivity index (χ1) is 15.7. The first kappa shape index (κ1) is 19.9. The van der Waals surface area contributed by atoms with Gasteiger partial charge < -0.3 is 4.74 Å². The molecule has 1 N–H and O–H groups in total. The fraction of sp³-hybridized carbons (Fsp3) is 0.480. The van der Waals surface area contributed by atoms with Crippen LogP contribution in [0.15, 0.2) is 30.7 Å². The number of H-pyrrole nitrogens is 1. The molecule has 0 radical (unpaired) electrons. The summed E-state index contributed by atoms with van der Waals surface area (Å²) in [5.74, 6) is 0.485. The molecule has 0 spiro atoms. The van der Waals surface area contributed by atoms with Gasteiger partial charge in [-0.2, -0.15) is 10.2 Å². The predicted molar refractivity (Wildman–Crippen MR) is 125 cm³/mol. The Morgan fingerprint density at radius 3 is 2.75 bits per heavy atom. The van der Waals surface area contributed by atoms with Crippen LogP contribution in [0.4, 0.5) is 0 Å². The normalized spacial score (nSPS) is 21.0. The number of aromatic amines is 1. The lowest BCUT2D eigenvalue weighted by atomic mass is 9.89. The van der Waals surface area contributed by atoms with Gasteiger partial charge in [-0.25, -0.2) is 9.50 Å². The number of aryl methyl sites for hydroxylation is 2. The number of pyridine rings is 1. The minimum Gasteiger partial charge on any atom is -0.381 e. The van der Waals surface area contributed by atoms with Crippen molar-refractivity contribution in [1.82, 2.24) is 29.7 Å². The van der Waals surface area contributed by atoms with Crippen molar-refractivity contribution in [2.75, 3.05) is 26.3 Å². The maximum absolute atomic E-state index is 5.58. The zero-order valence-corrected chi connectivity index (χ0v) is 18.8. The summed E-state index contributed by atoms with van der Waals surface area (Å²) in [5, 5.41) is 13.8. The van der Waals surface area contributed by atoms with Crippen molar-refractivity contribution in [2.24, 2.45) is 0 Å². The van der Waals surface area contributed by atoms with E-state index in [0.717, 1.165) is 54.9 Å². The second kappa shape index (κ2) is 7.98. The number of hydrogen-bond donors (Lipinski definition) is 1. The minimum atomic E-state index is 0.485. The van der Waals surface area contributed by atoms with Crippen molar-refractivity contribution < 1.29 is 4.74 Å². The zero-order valence-electron chi connectivity index (χ0n) is 18.8. The van der Waals surface area contributed by atoms with E-state index in [4.69, 9.17) is 9.84 Å². The Hall–Kier alpha value is -2.77. The Balaban J connectivity index is 1.33. The third-order valence-electron chi connectivity index (χ3n) is 7.33. The van der Waals surface area contributed by atoms with E-state index in [0.29, 0.717) is 12.0 Å². The summed E-state index contributed by atoms with van der Waals surface area (Å²) in [5.41, 5.74) is 7.99. The van der Waals surface area contributed by atoms with Gasteiger partial charge in [0, 0.05) is 48.9 Å². The molecule has 0 aliphatic carbocycles. The van der Waals surface area contributed by atoms with Crippen LogP contribution in [0.1, 0.15) is 48.4 Å². The van der Waals surface area contributed by atoms with Gasteiger partial charge in [-0.05, 0) is 74.9 Å². The van der Waals surface area contributed by atoms with Crippen LogP contribution in [0.5, 0.6) is 0 Å². The molecule has 0 saturated carbocycles. The molecule has 7 heteroatoms. The highest BCUT2D eigenvalue weighted by Gasteiger charge is 2.30. The highest BCUT2D eigenvalue weighted by atomic mass is 16.5. The maximum atomic E-state index is 5.58. The summed E-state index contributed by atoms with van der Waals surface area (Å²) < 4.78 is 7.44. The monoisotopic (exact) mass is 430 g/mol. The van der Waals surface area contributed by atoms with Crippen molar-refractivity contribution in [3.8, 4) is 11.1 Å². The molecule has 7 nitrogen and oxygen atoms in total. The van der Waals surface area contributed by atoms with Crippen LogP contribution in [0, 0.1) is 13.8 Å². The Kier molecular flexibility index (Phi) is 4.96. The second-order valence-corrected chi connectivity index (χ2v) is 9.44. The number of nitrogens with zero attached hydrogens (tertiary/aromatic N) is 5. The van der Waals surface area contributed by atoms with Gasteiger partial charge in [0.15, 0.2) is 5.65 Å². The van der Waals surface area contributed by atoms with E-state index >= 15 is 0 Å². The van der Waals surface area contributed by atoms with Gasteiger partial charge >= 0.3 is 0 Å². The van der Waals surface area contributed by atoms with Gasteiger partial charge in [0.1, 0.15) is 6.33 Å². The highest BCUT2D eigenvalue weighted by Crippen LogP contribution is 2.36. The summed E-state index contributed by atoms with van der Waals surface area (Å²) in [6.45, 7) is 8.41. The average Bonchev–Trinajstić information content (AvgIpc) is 3.47. The maximum Gasteiger partial charge on any atom is 0.158 e. The SMILES string of the molecule is Cc1cc(-c2cc(C)c3ncnn3c2)cc2[nH]nc(C3CCCN(C4CCOCC4)C3)c12. The van der Waals surface area contributed by atoms with Crippen LogP contribution in [-0.2, 0) is 4.74 Å². The molecule has 4 aromatic rings. The molecule has 2 aliphatic rings. The molecular formula is C25H30N6O. The lowest BCUT2D eigenvalue weighted by Crippen LogP contribution is -2.44. The summed E-state index contributed by atoms with van der Waals surface area (Å²) >= 11 is 0. The smallest absolute Gasteiger partial charge is 0.158 e. The Morgan fingerprint density at radius 2 is 1.88 bits per heavy atom. The van der Waals surface area contributed by atoms with Gasteiger partial charge in [0.2, 0.25) is 0 Å². The number of rotatable bonds is 3. The Morgan fingerprint density at radius 1 is 1.03 bits per heavy atom. The molecule has 0 amide bonds. The average molecular weight is 431 g/mol. The summed E-state index contributed by atoms with van der Waals surface area (Å²) in [4.78, 5) is 7.03. The van der Waals surface area contributed by atoms with E-state index in [2.05, 4.69) is 58.3 Å². The fourth-order valence-electron chi connectivity index (χ4n) is 5.72. The van der Waals surface area contributed by atoms with Crippen LogP contribution in [-0.4, -0.2) is 62.0 Å². The van der Waals surface area contributed by atoms with Gasteiger partial charge in [-0.3, -0.25) is 10.00 Å². The second-order valence-electron chi connectivity index (χ2n) is 9.44. The number of hydrogen-bond acceptors (Lipinski definition) is 5. The lowest BCUT2D eigenvalue weighted by molar-refractivity contribution is 0.0238. The van der Waals surface area contributed by atoms with Crippen LogP contribution in [0.25, 0.3) is 27.7 Å². The molecule has 2 fully saturated rings. The van der Waals surface area contributed by atoms with Crippen LogP contribution >= 0.6 is 0 Å². The quantitative estimate of drug-likeness (QED) is 0.526. The molecule has 1 aromatic carbocycles. The van der Waals surface area contributed by atoms with Crippen LogP contribution in [0.3, 0.4) is 0 Å². The first-order valence-corrected chi connectivity index (χ1v) is 11.8. The molecule has 2 saturated heterocycles. The largest absolute Gasteiger partial charge is 0.381 e. The van der Waals surface area contributed by atoms with E-state index in [1.807, 2.05) is 4.52 Å². The number of likely N-dealkylation sites (tertiary alicyclic amines) is 1. The lowest BCUT2D eigenvalue weighted by Gasteiger charge is -2.39. The Bertz CT molecular complexity index is 1270. The van der Waals surface area contributed by atoms with Gasteiger partial charge in [0.25, 0.3) is 0 Å². The predicted octanol–water partition coefficient (Wildman–Crippen LogP) is 4.25. The van der Waals surface area contributed by atoms with Crippen molar-refractivity contribution in [2.45, 2.75) is 51.5 Å². The molecule has 6 rings (SSSR count). The molecule has 5 heterocycles. The number of fused-ring (bicyclic) bond motifs is 2. The number of nitrogens with one attached hydrogen (secondary N) is 1. The van der Waals surface area contributed by atoms with E-state index in [1.54, 1.807) is 6.33 Å². The van der Waals surface area contributed by atoms with Crippen molar-refractivity contribution in [3.05, 3.63) is 47.5 Å². The fourth-order valence-corrected chi connectivity index (χ4v) is 5.72. The number of ether oxygens (including phenoxy) is 1. The van der Waals surface area contributed by atoms with Gasteiger partial charge in [0.05, 0.1) is 11.2 Å². The van der Waals surface area contributed by atoms with Gasteiger partial charge in [-0.1, -0.05) is 6.07 Å². The molecule has 32 heavy (non-hydrogen) atoms. The zero-order chi connectivity index (χ0) is 21.7. The van der Waals surface area contributed by atoms with Crippen molar-refractivity contribution >= 4 is 16.6 Å². The molecule has 3 aromatic heterocycles. The molecule has 1 unspecified atom stereocenters. The number of aromatic nitrogens is 5. The third kappa shape index (κ3) is 3.40. The van der Waals surface area contributed by atoms with E-state index < -0.39 is 0 Å². The molecule has 166 valence electrons. The summed E-state index contributed by atoms with van der Waals surface area (Å²) in [6.07, 6.45) is 8.43. The van der Waals surface area contributed by atoms with E-state index in [-0.39, 0.29) is 0 Å². The third-order valence-corrected chi connectivity index (χ3v) is 7.33. The molecular weight excluding hydrogens is 400 g/mol. The highest BCUT2D eigenvalue weighted by molar-refractivity contribution is 5.90. The molecule has 1 atom stereocenters. The van der Waals surface area contributed by atoms with Crippen LogP contribution < -0.4 is 0 Å². The number of benzene rings is 1. The van der Waals surface area contributed by atoms with E-state index in [9.17, 15) is 0 Å². The van der Waals surface area contributed by atoms with Crippen LogP contribution in [0.2, 0.25) is 0 Å². The minimum absolute atomic E-state index is 0.485. The topological polar surface area (TPSA) is 71.3 Å². The first-order valence-electron chi connectivity index (χ1n) is 11.8. The molecule has 0 bridgehead atoms. The molecule has 2 aliphatic heterocycles. The van der Waals surface area contributed by atoms with Crippen molar-refractivity contribution in [1.29, 1.82) is 0 Å². The van der Waals surface area contributed by atoms with Crippen molar-refractivity contribution in [3.63, 3.8) is 0 Å². The summed E-state index contributed by atoms with van der Waals surface area (Å²) in [7, 11) is 0.